The summed E-state index contributed by atoms with van der Waals surface area (Å²) in [5, 5.41) is 17.0. The molecule has 27 heavy (non-hydrogen) atoms. The molecule has 152 valence electrons. The van der Waals surface area contributed by atoms with Crippen LogP contribution < -0.4 is 10.6 Å². The maximum Gasteiger partial charge on any atom is 0.191 e. The Balaban J connectivity index is 0.00000261. The minimum Gasteiger partial charge on any atom is -0.388 e. The van der Waals surface area contributed by atoms with Gasteiger partial charge in [0.25, 0.3) is 0 Å². The summed E-state index contributed by atoms with van der Waals surface area (Å²) in [6.45, 7) is 7.12. The molecule has 3 N–H and O–H groups in total. The molecule has 1 aliphatic heterocycles. The van der Waals surface area contributed by atoms with Crippen molar-refractivity contribution in [3.05, 3.63) is 35.4 Å². The van der Waals surface area contributed by atoms with Gasteiger partial charge in [-0.2, -0.15) is 0 Å². The summed E-state index contributed by atoms with van der Waals surface area (Å²) >= 11 is 0. The van der Waals surface area contributed by atoms with Crippen LogP contribution in [0.4, 0.5) is 0 Å². The molecule has 1 heterocycles. The Morgan fingerprint density at radius 1 is 1.22 bits per heavy atom. The number of rotatable bonds is 6. The summed E-state index contributed by atoms with van der Waals surface area (Å²) < 4.78 is 6.11. The van der Waals surface area contributed by atoms with Crippen LogP contribution in [0.3, 0.4) is 0 Å². The molecule has 0 bridgehead atoms. The lowest BCUT2D eigenvalue weighted by Gasteiger charge is -2.35. The van der Waals surface area contributed by atoms with Crippen molar-refractivity contribution in [1.29, 1.82) is 0 Å². The molecular weight excluding hydrogens is 453 g/mol. The van der Waals surface area contributed by atoms with Crippen LogP contribution in [0.2, 0.25) is 0 Å². The van der Waals surface area contributed by atoms with Gasteiger partial charge >= 0.3 is 0 Å². The number of nitrogens with zero attached hydrogens (tertiary/aromatic N) is 1. The predicted octanol–water partition coefficient (Wildman–Crippen LogP) is 3.55. The zero-order valence-corrected chi connectivity index (χ0v) is 18.9. The van der Waals surface area contributed by atoms with Crippen molar-refractivity contribution < 1.29 is 9.84 Å². The SMILES string of the molecule is CCNC(=NCC1(O)CCC1)NCC1CCCOC1c1ccc(C)cc1.I. The van der Waals surface area contributed by atoms with Crippen molar-refractivity contribution in [1.82, 2.24) is 10.6 Å². The largest absolute Gasteiger partial charge is 0.388 e. The highest BCUT2D eigenvalue weighted by atomic mass is 127. The van der Waals surface area contributed by atoms with Crippen LogP contribution >= 0.6 is 24.0 Å². The second-order valence-corrected chi connectivity index (χ2v) is 7.76. The summed E-state index contributed by atoms with van der Waals surface area (Å²) in [6.07, 6.45) is 5.21. The minimum absolute atomic E-state index is 0. The lowest BCUT2D eigenvalue weighted by atomic mass is 9.80. The molecule has 0 aromatic heterocycles. The van der Waals surface area contributed by atoms with E-state index in [1.165, 1.54) is 11.1 Å². The zero-order chi connectivity index (χ0) is 18.4. The highest BCUT2D eigenvalue weighted by Gasteiger charge is 2.34. The maximum atomic E-state index is 10.3. The third-order valence-electron chi connectivity index (χ3n) is 5.54. The van der Waals surface area contributed by atoms with Crippen LogP contribution in [-0.4, -0.2) is 42.9 Å². The van der Waals surface area contributed by atoms with Crippen LogP contribution in [0.15, 0.2) is 29.3 Å². The summed E-state index contributed by atoms with van der Waals surface area (Å²) in [5.74, 6) is 1.21. The molecule has 1 saturated heterocycles. The molecule has 2 aliphatic rings. The van der Waals surface area contributed by atoms with Gasteiger partial charge in [-0.3, -0.25) is 4.99 Å². The second kappa shape index (κ2) is 10.6. The molecule has 1 saturated carbocycles. The van der Waals surface area contributed by atoms with Gasteiger partial charge in [-0.1, -0.05) is 29.8 Å². The molecule has 1 aliphatic carbocycles. The molecule has 5 nitrogen and oxygen atoms in total. The lowest BCUT2D eigenvalue weighted by Crippen LogP contribution is -2.45. The number of hydrogen-bond acceptors (Lipinski definition) is 3. The number of halogens is 1. The first kappa shape index (κ1) is 22.4. The number of benzene rings is 1. The number of ether oxygens (including phenoxy) is 1. The van der Waals surface area contributed by atoms with E-state index in [1.54, 1.807) is 0 Å². The monoisotopic (exact) mass is 487 g/mol. The molecule has 1 aromatic carbocycles. The van der Waals surface area contributed by atoms with Gasteiger partial charge in [-0.15, -0.1) is 24.0 Å². The number of aliphatic imine (C=N–C) groups is 1. The van der Waals surface area contributed by atoms with Crippen molar-refractivity contribution in [2.24, 2.45) is 10.9 Å². The Labute approximate surface area is 180 Å². The molecule has 0 amide bonds. The van der Waals surface area contributed by atoms with Crippen LogP contribution in [0.1, 0.15) is 56.3 Å². The smallest absolute Gasteiger partial charge is 0.191 e. The molecule has 0 spiro atoms. The van der Waals surface area contributed by atoms with Gasteiger partial charge in [0.15, 0.2) is 5.96 Å². The number of aryl methyl sites for hydroxylation is 1. The third-order valence-corrected chi connectivity index (χ3v) is 5.54. The van der Waals surface area contributed by atoms with Crippen LogP contribution in [0.25, 0.3) is 0 Å². The topological polar surface area (TPSA) is 65.9 Å². The van der Waals surface area contributed by atoms with E-state index in [0.29, 0.717) is 12.5 Å². The predicted molar refractivity (Wildman–Crippen MR) is 121 cm³/mol. The Kier molecular flexibility index (Phi) is 8.82. The molecule has 1 aromatic rings. The first-order valence-corrected chi connectivity index (χ1v) is 10.0. The van der Waals surface area contributed by atoms with E-state index in [-0.39, 0.29) is 30.1 Å². The van der Waals surface area contributed by atoms with Crippen LogP contribution in [-0.2, 0) is 4.74 Å². The molecule has 2 fully saturated rings. The summed E-state index contributed by atoms with van der Waals surface area (Å²) in [4.78, 5) is 4.60. The third kappa shape index (κ3) is 6.32. The second-order valence-electron chi connectivity index (χ2n) is 7.76. The van der Waals surface area contributed by atoms with Crippen LogP contribution in [0, 0.1) is 12.8 Å². The van der Waals surface area contributed by atoms with Crippen molar-refractivity contribution in [2.45, 2.75) is 57.7 Å². The molecule has 2 atom stereocenters. The van der Waals surface area contributed by atoms with Gasteiger partial charge in [0.1, 0.15) is 0 Å². The first-order chi connectivity index (χ1) is 12.6. The summed E-state index contributed by atoms with van der Waals surface area (Å²) in [6, 6.07) is 8.68. The van der Waals surface area contributed by atoms with Gasteiger partial charge in [0.2, 0.25) is 0 Å². The highest BCUT2D eigenvalue weighted by molar-refractivity contribution is 14.0. The maximum absolute atomic E-state index is 10.3. The van der Waals surface area contributed by atoms with Gasteiger partial charge in [0, 0.05) is 25.6 Å². The Morgan fingerprint density at radius 2 is 1.96 bits per heavy atom. The molecule has 2 unspecified atom stereocenters. The van der Waals surface area contributed by atoms with E-state index in [4.69, 9.17) is 4.74 Å². The van der Waals surface area contributed by atoms with Gasteiger partial charge in [-0.25, -0.2) is 0 Å². The average molecular weight is 487 g/mol. The van der Waals surface area contributed by atoms with Crippen molar-refractivity contribution in [3.63, 3.8) is 0 Å². The summed E-state index contributed by atoms with van der Waals surface area (Å²) in [5.41, 5.74) is 1.95. The Morgan fingerprint density at radius 3 is 2.59 bits per heavy atom. The zero-order valence-electron chi connectivity index (χ0n) is 16.5. The Bertz CT molecular complexity index is 602. The summed E-state index contributed by atoms with van der Waals surface area (Å²) in [7, 11) is 0. The minimum atomic E-state index is -0.583. The number of hydrogen-bond donors (Lipinski definition) is 3. The molecule has 0 radical (unpaired) electrons. The fourth-order valence-corrected chi connectivity index (χ4v) is 3.72. The van der Waals surface area contributed by atoms with Crippen molar-refractivity contribution in [2.75, 3.05) is 26.2 Å². The fourth-order valence-electron chi connectivity index (χ4n) is 3.72. The van der Waals surface area contributed by atoms with E-state index in [2.05, 4.69) is 53.7 Å². The van der Waals surface area contributed by atoms with E-state index < -0.39 is 5.60 Å². The molecule has 6 heteroatoms. The normalized spacial score (nSPS) is 24.5. The molecule has 3 rings (SSSR count). The number of nitrogens with one attached hydrogen (secondary N) is 2. The van der Waals surface area contributed by atoms with E-state index in [1.807, 2.05) is 0 Å². The first-order valence-electron chi connectivity index (χ1n) is 10.0. The van der Waals surface area contributed by atoms with Gasteiger partial charge < -0.3 is 20.5 Å². The van der Waals surface area contributed by atoms with E-state index in [9.17, 15) is 5.11 Å². The van der Waals surface area contributed by atoms with E-state index >= 15 is 0 Å². The standard InChI is InChI=1S/C21H33N3O2.HI/c1-3-22-20(24-15-21(25)11-5-12-21)23-14-18-6-4-13-26-19(18)17-9-7-16(2)8-10-17;/h7-10,18-19,25H,3-6,11-15H2,1-2H3,(H2,22,23,24);1H. The van der Waals surface area contributed by atoms with E-state index in [0.717, 1.165) is 57.8 Å². The highest BCUT2D eigenvalue weighted by Crippen LogP contribution is 2.33. The number of aliphatic hydroxyl groups is 1. The lowest BCUT2D eigenvalue weighted by molar-refractivity contribution is -0.0270. The quantitative estimate of drug-likeness (QED) is 0.326. The average Bonchev–Trinajstić information content (AvgIpc) is 2.63. The van der Waals surface area contributed by atoms with Crippen LogP contribution in [0.5, 0.6) is 0 Å². The Hall–Kier alpha value is -0.860. The van der Waals surface area contributed by atoms with Gasteiger partial charge in [-0.05, 0) is 51.5 Å². The fraction of sp³-hybridized carbons (Fsp3) is 0.667. The number of guanidine groups is 1. The van der Waals surface area contributed by atoms with Crippen molar-refractivity contribution >= 4 is 29.9 Å². The van der Waals surface area contributed by atoms with Crippen molar-refractivity contribution in [3.8, 4) is 0 Å². The van der Waals surface area contributed by atoms with Gasteiger partial charge in [0.05, 0.1) is 18.2 Å². The molecular formula is C21H34IN3O2.